The maximum atomic E-state index is 6.33. The number of benzene rings is 2. The van der Waals surface area contributed by atoms with Crippen molar-refractivity contribution in [3.63, 3.8) is 0 Å². The lowest BCUT2D eigenvalue weighted by atomic mass is 9.87. The molecule has 3 unspecified atom stereocenters. The molecular formula is C22H19NO. The van der Waals surface area contributed by atoms with Crippen LogP contribution in [0.4, 0.5) is 0 Å². The van der Waals surface area contributed by atoms with Gasteiger partial charge in [-0.25, -0.2) is 0 Å². The zero-order valence-electron chi connectivity index (χ0n) is 13.4. The molecule has 5 rings (SSSR count). The van der Waals surface area contributed by atoms with Gasteiger partial charge < -0.3 is 9.64 Å². The smallest absolute Gasteiger partial charge is 0.157 e. The van der Waals surface area contributed by atoms with E-state index in [0.29, 0.717) is 12.0 Å². The lowest BCUT2D eigenvalue weighted by Crippen LogP contribution is -2.49. The molecule has 0 radical (unpaired) electrons. The fourth-order valence-electron chi connectivity index (χ4n) is 3.99. The monoisotopic (exact) mass is 313 g/mol. The molecule has 0 amide bonds. The number of nitrogens with zero attached hydrogens (tertiary/aromatic N) is 1. The number of hydrogen-bond donors (Lipinski definition) is 0. The molecule has 2 nitrogen and oxygen atoms in total. The van der Waals surface area contributed by atoms with Crippen LogP contribution >= 0.6 is 0 Å². The van der Waals surface area contributed by atoms with E-state index in [9.17, 15) is 0 Å². The first-order valence-electron chi connectivity index (χ1n) is 8.53. The van der Waals surface area contributed by atoms with Gasteiger partial charge >= 0.3 is 0 Å². The average molecular weight is 313 g/mol. The minimum Gasteiger partial charge on any atom is -0.353 e. The van der Waals surface area contributed by atoms with Crippen LogP contribution in [-0.2, 0) is 4.74 Å². The molecule has 3 aliphatic rings. The Labute approximate surface area is 142 Å². The largest absolute Gasteiger partial charge is 0.353 e. The molecule has 2 heteroatoms. The van der Waals surface area contributed by atoms with Gasteiger partial charge in [-0.2, -0.15) is 0 Å². The Morgan fingerprint density at radius 1 is 0.875 bits per heavy atom. The van der Waals surface area contributed by atoms with Gasteiger partial charge in [0.1, 0.15) is 0 Å². The molecule has 0 N–H and O–H groups in total. The van der Waals surface area contributed by atoms with Gasteiger partial charge in [-0.15, -0.1) is 0 Å². The average Bonchev–Trinajstić information content (AvgIpc) is 2.67. The number of allylic oxidation sites excluding steroid dienone is 2. The van der Waals surface area contributed by atoms with E-state index >= 15 is 0 Å². The van der Waals surface area contributed by atoms with Crippen LogP contribution in [0.15, 0.2) is 78.9 Å². The van der Waals surface area contributed by atoms with Gasteiger partial charge in [0.05, 0.1) is 12.6 Å². The summed E-state index contributed by atoms with van der Waals surface area (Å²) in [6, 6.07) is 19.6. The Bertz CT molecular complexity index is 849. The number of hydrogen-bond acceptors (Lipinski definition) is 2. The van der Waals surface area contributed by atoms with Crippen molar-refractivity contribution in [3.8, 4) is 0 Å². The predicted octanol–water partition coefficient (Wildman–Crippen LogP) is 4.64. The molecular weight excluding hydrogens is 294 g/mol. The lowest BCUT2D eigenvalue weighted by molar-refractivity contribution is -0.106. The van der Waals surface area contributed by atoms with Crippen molar-refractivity contribution < 1.29 is 4.74 Å². The summed E-state index contributed by atoms with van der Waals surface area (Å²) in [5.74, 6) is 0.406. The van der Waals surface area contributed by atoms with Crippen molar-refractivity contribution in [1.82, 2.24) is 4.90 Å². The summed E-state index contributed by atoms with van der Waals surface area (Å²) in [6.07, 6.45) is 11.2. The molecule has 2 aliphatic heterocycles. The minimum atomic E-state index is -0.0150. The van der Waals surface area contributed by atoms with Crippen molar-refractivity contribution in [3.05, 3.63) is 95.6 Å². The topological polar surface area (TPSA) is 12.5 Å². The number of fused-ring (bicyclic) bond motifs is 5. The van der Waals surface area contributed by atoms with E-state index in [1.165, 1.54) is 22.4 Å². The third-order valence-electron chi connectivity index (χ3n) is 5.14. The van der Waals surface area contributed by atoms with Crippen LogP contribution in [0.25, 0.3) is 11.8 Å². The van der Waals surface area contributed by atoms with Crippen LogP contribution in [0.2, 0.25) is 0 Å². The van der Waals surface area contributed by atoms with Crippen molar-refractivity contribution >= 4 is 11.8 Å². The van der Waals surface area contributed by atoms with E-state index in [4.69, 9.17) is 4.74 Å². The molecule has 1 fully saturated rings. The normalized spacial score (nSPS) is 27.1. The van der Waals surface area contributed by atoms with Gasteiger partial charge in [0, 0.05) is 17.2 Å². The summed E-state index contributed by atoms with van der Waals surface area (Å²) >= 11 is 0. The SMILES string of the molecule is C1=CC2COC3c4ccccc4C=C(c4ccccc4)N3C2C=C1. The highest BCUT2D eigenvalue weighted by Crippen LogP contribution is 2.45. The van der Waals surface area contributed by atoms with Crippen LogP contribution in [-0.4, -0.2) is 17.5 Å². The molecule has 3 atom stereocenters. The molecule has 1 saturated heterocycles. The highest BCUT2D eigenvalue weighted by atomic mass is 16.5. The standard InChI is InChI=1S/C22H19NO/c1-2-8-16(9-3-1)21-14-17-10-4-6-12-19(17)22-23(21)20-13-7-5-11-18(20)15-24-22/h1-14,18,20,22H,15H2. The Kier molecular flexibility index (Phi) is 3.17. The lowest BCUT2D eigenvalue weighted by Gasteiger charge is -2.49. The zero-order chi connectivity index (χ0) is 15.9. The first-order chi connectivity index (χ1) is 11.9. The second-order valence-corrected chi connectivity index (χ2v) is 6.54. The predicted molar refractivity (Wildman–Crippen MR) is 96.8 cm³/mol. The van der Waals surface area contributed by atoms with Crippen LogP contribution in [0, 0.1) is 5.92 Å². The van der Waals surface area contributed by atoms with E-state index < -0.39 is 0 Å². The molecule has 2 aromatic rings. The summed E-state index contributed by atoms with van der Waals surface area (Å²) in [6.45, 7) is 0.767. The molecule has 2 heterocycles. The third kappa shape index (κ3) is 2.07. The van der Waals surface area contributed by atoms with Crippen LogP contribution in [0.3, 0.4) is 0 Å². The molecule has 0 aromatic heterocycles. The second-order valence-electron chi connectivity index (χ2n) is 6.54. The van der Waals surface area contributed by atoms with E-state index in [1.807, 2.05) is 0 Å². The Balaban J connectivity index is 1.70. The van der Waals surface area contributed by atoms with Gasteiger partial charge in [0.25, 0.3) is 0 Å². The van der Waals surface area contributed by atoms with Gasteiger partial charge in [-0.3, -0.25) is 0 Å². The van der Waals surface area contributed by atoms with E-state index in [1.54, 1.807) is 0 Å². The molecule has 24 heavy (non-hydrogen) atoms. The Morgan fingerprint density at radius 3 is 2.58 bits per heavy atom. The maximum Gasteiger partial charge on any atom is 0.157 e. The zero-order valence-corrected chi connectivity index (χ0v) is 13.4. The first kappa shape index (κ1) is 13.8. The molecule has 1 aliphatic carbocycles. The van der Waals surface area contributed by atoms with Crippen LogP contribution in [0.1, 0.15) is 22.9 Å². The quantitative estimate of drug-likeness (QED) is 0.760. The van der Waals surface area contributed by atoms with Crippen molar-refractivity contribution in [2.45, 2.75) is 12.3 Å². The van der Waals surface area contributed by atoms with Crippen molar-refractivity contribution in [2.24, 2.45) is 5.92 Å². The van der Waals surface area contributed by atoms with Gasteiger partial charge in [0.2, 0.25) is 0 Å². The molecule has 0 bridgehead atoms. The number of ether oxygens (including phenoxy) is 1. The summed E-state index contributed by atoms with van der Waals surface area (Å²) in [7, 11) is 0. The summed E-state index contributed by atoms with van der Waals surface area (Å²) in [5, 5.41) is 0. The Hall–Kier alpha value is -2.58. The Morgan fingerprint density at radius 2 is 1.67 bits per heavy atom. The maximum absolute atomic E-state index is 6.33. The highest BCUT2D eigenvalue weighted by Gasteiger charge is 2.41. The third-order valence-corrected chi connectivity index (χ3v) is 5.14. The summed E-state index contributed by atoms with van der Waals surface area (Å²) in [4.78, 5) is 2.45. The van der Waals surface area contributed by atoms with Crippen LogP contribution < -0.4 is 0 Å². The minimum absolute atomic E-state index is 0.0150. The van der Waals surface area contributed by atoms with Gasteiger partial charge in [-0.1, -0.05) is 78.9 Å². The first-order valence-corrected chi connectivity index (χ1v) is 8.53. The molecule has 0 saturated carbocycles. The van der Waals surface area contributed by atoms with E-state index in [2.05, 4.69) is 89.9 Å². The molecule has 118 valence electrons. The fourth-order valence-corrected chi connectivity index (χ4v) is 3.99. The molecule has 2 aromatic carbocycles. The highest BCUT2D eigenvalue weighted by molar-refractivity contribution is 5.84. The van der Waals surface area contributed by atoms with Gasteiger partial charge in [0.15, 0.2) is 6.23 Å². The summed E-state index contributed by atoms with van der Waals surface area (Å²) < 4.78 is 6.33. The van der Waals surface area contributed by atoms with Crippen molar-refractivity contribution in [1.29, 1.82) is 0 Å². The summed E-state index contributed by atoms with van der Waals surface area (Å²) in [5.41, 5.74) is 5.00. The van der Waals surface area contributed by atoms with Gasteiger partial charge in [-0.05, 0) is 17.2 Å². The van der Waals surface area contributed by atoms with E-state index in [-0.39, 0.29) is 6.23 Å². The fraction of sp³-hybridized carbons (Fsp3) is 0.182. The van der Waals surface area contributed by atoms with Crippen LogP contribution in [0.5, 0.6) is 0 Å². The van der Waals surface area contributed by atoms with Crippen molar-refractivity contribution in [2.75, 3.05) is 6.61 Å². The molecule has 0 spiro atoms. The second kappa shape index (κ2) is 5.50. The number of rotatable bonds is 1. The van der Waals surface area contributed by atoms with E-state index in [0.717, 1.165) is 6.61 Å².